The molecule has 0 aliphatic heterocycles. The Morgan fingerprint density at radius 3 is 1.94 bits per heavy atom. The molecule has 6 aromatic rings. The van der Waals surface area contributed by atoms with Gasteiger partial charge in [0.25, 0.3) is 0 Å². The fourth-order valence-corrected chi connectivity index (χ4v) is 8.03. The molecular weight excluding hydrogens is 711 g/mol. The van der Waals surface area contributed by atoms with E-state index in [4.69, 9.17) is 0 Å². The lowest BCUT2D eigenvalue weighted by Crippen LogP contribution is -2.28. The first-order valence-electron chi connectivity index (χ1n) is 17.5. The smallest absolute Gasteiger partial charge is 0.0476 e. The van der Waals surface area contributed by atoms with Crippen LogP contribution in [0.15, 0.2) is 102 Å². The number of aryl methyl sites for hydroxylation is 3. The molecule has 0 fully saturated rings. The molecule has 2 aromatic heterocycles. The molecule has 2 aliphatic carbocycles. The van der Waals surface area contributed by atoms with Crippen LogP contribution in [0, 0.1) is 6.92 Å². The summed E-state index contributed by atoms with van der Waals surface area (Å²) < 4.78 is 1.16. The lowest BCUT2D eigenvalue weighted by atomic mass is 9.91. The summed E-state index contributed by atoms with van der Waals surface area (Å²) in [5.74, 6) is 0.523. The normalized spacial score (nSPS) is 17.2. The fourth-order valence-electron chi connectivity index (χ4n) is 7.67. The maximum absolute atomic E-state index is 3.81. The van der Waals surface area contributed by atoms with Crippen LogP contribution >= 0.6 is 40.7 Å². The first-order chi connectivity index (χ1) is 23.0. The first kappa shape index (κ1) is 37.2. The largest absolute Gasteiger partial charge is 0.357 e. The molecule has 2 unspecified atom stereocenters. The Bertz CT molecular complexity index is 1930. The molecule has 0 saturated carbocycles. The van der Waals surface area contributed by atoms with Gasteiger partial charge in [0, 0.05) is 56.3 Å². The molecule has 7 heteroatoms. The summed E-state index contributed by atoms with van der Waals surface area (Å²) in [7, 11) is 0. The number of hydrogen-bond donors (Lipinski definition) is 4. The van der Waals surface area contributed by atoms with Crippen LogP contribution in [0.2, 0.25) is 0 Å². The van der Waals surface area contributed by atoms with E-state index in [0.717, 1.165) is 24.0 Å². The highest BCUT2D eigenvalue weighted by Gasteiger charge is 2.25. The zero-order chi connectivity index (χ0) is 32.2. The van der Waals surface area contributed by atoms with Gasteiger partial charge in [-0.3, -0.25) is 0 Å². The highest BCUT2D eigenvalue weighted by Crippen LogP contribution is 2.37. The van der Waals surface area contributed by atoms with Gasteiger partial charge in [0.2, 0.25) is 0 Å². The standard InChI is InChI=1S/C21H23BrN2.C21H24N2.2ClH/c1-14(15-6-3-2-4-7-15)13-23-20-9-5-8-17-18-12-16(22)10-11-19(18)24-21(17)20;1-15-10-11-19-18(14-15)17-8-5-9-20(21(17)23-19)22-13-12-16-6-3-2-4-7-16;;/h2-4,6-7,10-12,14,20,23-24H,5,8-9,13H2,1H3;2-4,6-7,10-11,14,20,22-23H,5,8-9,12-13H2,1H3;2*1H/t14-,20?;;;/m0.../s1. The van der Waals surface area contributed by atoms with Crippen molar-refractivity contribution in [3.63, 3.8) is 0 Å². The van der Waals surface area contributed by atoms with Gasteiger partial charge in [-0.05, 0) is 117 Å². The summed E-state index contributed by atoms with van der Waals surface area (Å²) in [6.07, 6.45) is 8.44. The molecule has 3 atom stereocenters. The topological polar surface area (TPSA) is 55.6 Å². The van der Waals surface area contributed by atoms with Crippen LogP contribution in [0.4, 0.5) is 0 Å². The van der Waals surface area contributed by atoms with E-state index in [9.17, 15) is 0 Å². The molecule has 0 bridgehead atoms. The number of aromatic nitrogens is 2. The van der Waals surface area contributed by atoms with E-state index in [0.29, 0.717) is 18.0 Å². The maximum atomic E-state index is 3.81. The van der Waals surface area contributed by atoms with Gasteiger partial charge in [-0.25, -0.2) is 0 Å². The SMILES string of the molecule is C[C@@H](CNC1CCCc2c1[nH]c1ccc(Br)cc21)c1ccccc1.Cc1ccc2[nH]c3c(c2c1)CCCC3NCCc1ccccc1.Cl.Cl. The molecule has 2 heterocycles. The van der Waals surface area contributed by atoms with Crippen molar-refractivity contribution in [2.45, 2.75) is 76.8 Å². The quantitative estimate of drug-likeness (QED) is 0.125. The first-order valence-corrected chi connectivity index (χ1v) is 18.3. The van der Waals surface area contributed by atoms with Gasteiger partial charge >= 0.3 is 0 Å². The van der Waals surface area contributed by atoms with Crippen molar-refractivity contribution in [2.24, 2.45) is 0 Å². The van der Waals surface area contributed by atoms with Crippen LogP contribution in [-0.2, 0) is 19.3 Å². The van der Waals surface area contributed by atoms with Crippen LogP contribution in [0.1, 0.15) is 89.8 Å². The number of nitrogens with one attached hydrogen (secondary N) is 4. The van der Waals surface area contributed by atoms with Gasteiger partial charge in [-0.2, -0.15) is 0 Å². The maximum Gasteiger partial charge on any atom is 0.0476 e. The van der Waals surface area contributed by atoms with E-state index in [-0.39, 0.29) is 24.8 Å². The van der Waals surface area contributed by atoms with Crippen molar-refractivity contribution in [3.8, 4) is 0 Å². The van der Waals surface area contributed by atoms with Crippen molar-refractivity contribution in [1.29, 1.82) is 0 Å². The molecule has 0 spiro atoms. The fraction of sp³-hybridized carbons (Fsp3) is 0.333. The minimum atomic E-state index is 0. The summed E-state index contributed by atoms with van der Waals surface area (Å²) in [6.45, 7) is 6.52. The average molecular weight is 761 g/mol. The lowest BCUT2D eigenvalue weighted by molar-refractivity contribution is 0.440. The van der Waals surface area contributed by atoms with E-state index >= 15 is 0 Å². The van der Waals surface area contributed by atoms with Crippen LogP contribution in [0.3, 0.4) is 0 Å². The van der Waals surface area contributed by atoms with Gasteiger partial charge in [0.15, 0.2) is 0 Å². The Morgan fingerprint density at radius 2 is 1.29 bits per heavy atom. The number of aromatic amines is 2. The summed E-state index contributed by atoms with van der Waals surface area (Å²) in [5, 5.41) is 10.4. The van der Waals surface area contributed by atoms with E-state index in [1.807, 2.05) is 0 Å². The Labute approximate surface area is 312 Å². The minimum Gasteiger partial charge on any atom is -0.357 e. The molecule has 258 valence electrons. The summed E-state index contributed by atoms with van der Waals surface area (Å²) in [6, 6.07) is 35.7. The molecule has 4 aromatic carbocycles. The Balaban J connectivity index is 0.000000184. The van der Waals surface area contributed by atoms with Crippen molar-refractivity contribution in [3.05, 3.63) is 141 Å². The summed E-state index contributed by atoms with van der Waals surface area (Å²) in [4.78, 5) is 7.35. The van der Waals surface area contributed by atoms with E-state index in [1.54, 1.807) is 0 Å². The molecular formula is C42H49BrCl2N4. The molecule has 0 saturated heterocycles. The predicted molar refractivity (Wildman–Crippen MR) is 216 cm³/mol. The van der Waals surface area contributed by atoms with Gasteiger partial charge in [-0.15, -0.1) is 24.8 Å². The summed E-state index contributed by atoms with van der Waals surface area (Å²) in [5.41, 5.74) is 12.6. The third-order valence-electron chi connectivity index (χ3n) is 10.2. The van der Waals surface area contributed by atoms with Crippen molar-refractivity contribution >= 4 is 62.5 Å². The van der Waals surface area contributed by atoms with Crippen molar-refractivity contribution < 1.29 is 0 Å². The monoisotopic (exact) mass is 758 g/mol. The second-order valence-electron chi connectivity index (χ2n) is 13.6. The molecule has 0 amide bonds. The zero-order valence-electron chi connectivity index (χ0n) is 28.5. The Kier molecular flexibility index (Phi) is 13.1. The van der Waals surface area contributed by atoms with Crippen LogP contribution < -0.4 is 10.6 Å². The van der Waals surface area contributed by atoms with Crippen molar-refractivity contribution in [1.82, 2.24) is 20.6 Å². The Morgan fingerprint density at radius 1 is 0.714 bits per heavy atom. The van der Waals surface area contributed by atoms with Crippen LogP contribution in [-0.4, -0.2) is 23.1 Å². The van der Waals surface area contributed by atoms with Gasteiger partial charge in [-0.1, -0.05) is 95.1 Å². The molecule has 4 nitrogen and oxygen atoms in total. The zero-order valence-corrected chi connectivity index (χ0v) is 31.7. The molecule has 8 rings (SSSR count). The van der Waals surface area contributed by atoms with Crippen LogP contribution in [0.25, 0.3) is 21.8 Å². The summed E-state index contributed by atoms with van der Waals surface area (Å²) >= 11 is 3.61. The number of rotatable bonds is 8. The third kappa shape index (κ3) is 8.64. The highest BCUT2D eigenvalue weighted by atomic mass is 79.9. The second kappa shape index (κ2) is 17.2. The van der Waals surface area contributed by atoms with E-state index in [1.165, 1.54) is 99.5 Å². The van der Waals surface area contributed by atoms with Crippen molar-refractivity contribution in [2.75, 3.05) is 13.1 Å². The third-order valence-corrected chi connectivity index (χ3v) is 10.7. The predicted octanol–water partition coefficient (Wildman–Crippen LogP) is 11.2. The van der Waals surface area contributed by atoms with E-state index in [2.05, 4.69) is 147 Å². The molecule has 2 aliphatic rings. The minimum absolute atomic E-state index is 0. The Hall–Kier alpha value is -3.06. The molecule has 49 heavy (non-hydrogen) atoms. The number of hydrogen-bond acceptors (Lipinski definition) is 2. The number of fused-ring (bicyclic) bond motifs is 6. The van der Waals surface area contributed by atoms with Crippen LogP contribution in [0.5, 0.6) is 0 Å². The number of halogens is 3. The second-order valence-corrected chi connectivity index (χ2v) is 14.5. The van der Waals surface area contributed by atoms with Gasteiger partial charge in [0.05, 0.1) is 0 Å². The number of benzene rings is 4. The van der Waals surface area contributed by atoms with E-state index < -0.39 is 0 Å². The lowest BCUT2D eigenvalue weighted by Gasteiger charge is -2.25. The van der Waals surface area contributed by atoms with Gasteiger partial charge < -0.3 is 20.6 Å². The number of H-pyrrole nitrogens is 2. The molecule has 4 N–H and O–H groups in total. The average Bonchev–Trinajstić information content (AvgIpc) is 3.67. The van der Waals surface area contributed by atoms with Gasteiger partial charge in [0.1, 0.15) is 0 Å². The highest BCUT2D eigenvalue weighted by molar-refractivity contribution is 9.10. The molecule has 0 radical (unpaired) electrons.